The molecule has 0 radical (unpaired) electrons. The molecule has 1 aromatic rings. The van der Waals surface area contributed by atoms with Gasteiger partial charge < -0.3 is 19.5 Å². The number of carbonyl (C=O) groups is 1. The van der Waals surface area contributed by atoms with E-state index in [0.717, 1.165) is 44.0 Å². The quantitative estimate of drug-likeness (QED) is 0.881. The zero-order valence-electron chi connectivity index (χ0n) is 14.3. The van der Waals surface area contributed by atoms with Crippen LogP contribution in [0.1, 0.15) is 31.2 Å². The standard InChI is InChI=1S/C19H24N2O4/c22-19(20-9-12-1-2-12)18-8-14-15(25-18)5-6-21(14)10-13-3-4-16-17(7-13)24-11-23-16/h3-4,7,12,14-15,18H,1-2,5-6,8-11H2,(H,20,22)/t14-,15-,18-/m0/s1. The average Bonchev–Trinajstić information content (AvgIpc) is 3.02. The van der Waals surface area contributed by atoms with Gasteiger partial charge in [-0.2, -0.15) is 0 Å². The van der Waals surface area contributed by atoms with E-state index in [4.69, 9.17) is 14.2 Å². The molecular weight excluding hydrogens is 320 g/mol. The summed E-state index contributed by atoms with van der Waals surface area (Å²) >= 11 is 0. The van der Waals surface area contributed by atoms with Gasteiger partial charge in [-0.05, 0) is 42.9 Å². The minimum absolute atomic E-state index is 0.0735. The van der Waals surface area contributed by atoms with E-state index in [9.17, 15) is 4.79 Å². The van der Waals surface area contributed by atoms with Gasteiger partial charge in [-0.1, -0.05) is 6.07 Å². The Labute approximate surface area is 147 Å². The number of fused-ring (bicyclic) bond motifs is 2. The van der Waals surface area contributed by atoms with Crippen LogP contribution in [0.2, 0.25) is 0 Å². The summed E-state index contributed by atoms with van der Waals surface area (Å²) in [6.07, 6.45) is 4.20. The van der Waals surface area contributed by atoms with Gasteiger partial charge >= 0.3 is 0 Å². The van der Waals surface area contributed by atoms with Crippen LogP contribution in [0.5, 0.6) is 11.5 Å². The molecule has 3 aliphatic heterocycles. The van der Waals surface area contributed by atoms with Crippen LogP contribution in [0.4, 0.5) is 0 Å². The van der Waals surface area contributed by atoms with Gasteiger partial charge in [-0.15, -0.1) is 0 Å². The zero-order chi connectivity index (χ0) is 16.8. The molecule has 0 unspecified atom stereocenters. The largest absolute Gasteiger partial charge is 0.454 e. The lowest BCUT2D eigenvalue weighted by Gasteiger charge is -2.22. The van der Waals surface area contributed by atoms with E-state index in [1.54, 1.807) is 0 Å². The predicted molar refractivity (Wildman–Crippen MR) is 90.4 cm³/mol. The topological polar surface area (TPSA) is 60.0 Å². The van der Waals surface area contributed by atoms with Crippen molar-refractivity contribution in [3.05, 3.63) is 23.8 Å². The van der Waals surface area contributed by atoms with Crippen molar-refractivity contribution in [2.75, 3.05) is 19.9 Å². The highest BCUT2D eigenvalue weighted by Gasteiger charge is 2.45. The molecule has 5 rings (SSSR count). The fourth-order valence-corrected chi connectivity index (χ4v) is 4.15. The summed E-state index contributed by atoms with van der Waals surface area (Å²) in [5.41, 5.74) is 1.21. The molecular formula is C19H24N2O4. The number of nitrogens with zero attached hydrogens (tertiary/aromatic N) is 1. The first-order chi connectivity index (χ1) is 12.3. The maximum absolute atomic E-state index is 12.3. The first-order valence-corrected chi connectivity index (χ1v) is 9.32. The fraction of sp³-hybridized carbons (Fsp3) is 0.632. The molecule has 1 N–H and O–H groups in total. The second-order valence-corrected chi connectivity index (χ2v) is 7.60. The highest BCUT2D eigenvalue weighted by molar-refractivity contribution is 5.81. The molecule has 0 aromatic heterocycles. The first kappa shape index (κ1) is 15.5. The maximum Gasteiger partial charge on any atom is 0.249 e. The molecule has 25 heavy (non-hydrogen) atoms. The van der Waals surface area contributed by atoms with Crippen molar-refractivity contribution in [2.24, 2.45) is 5.92 Å². The number of nitrogens with one attached hydrogen (secondary N) is 1. The summed E-state index contributed by atoms with van der Waals surface area (Å²) < 4.78 is 16.9. The molecule has 1 saturated carbocycles. The Morgan fingerprint density at radius 2 is 2.08 bits per heavy atom. The van der Waals surface area contributed by atoms with Crippen LogP contribution in [-0.2, 0) is 16.1 Å². The van der Waals surface area contributed by atoms with Crippen LogP contribution in [0, 0.1) is 5.92 Å². The molecule has 6 nitrogen and oxygen atoms in total. The van der Waals surface area contributed by atoms with E-state index >= 15 is 0 Å². The van der Waals surface area contributed by atoms with Crippen molar-refractivity contribution >= 4 is 5.91 Å². The minimum Gasteiger partial charge on any atom is -0.454 e. The third-order valence-electron chi connectivity index (χ3n) is 5.77. The molecule has 3 fully saturated rings. The number of hydrogen-bond donors (Lipinski definition) is 1. The van der Waals surface area contributed by atoms with Gasteiger partial charge in [0.2, 0.25) is 12.7 Å². The van der Waals surface area contributed by atoms with Gasteiger partial charge in [-0.3, -0.25) is 9.69 Å². The number of carbonyl (C=O) groups excluding carboxylic acids is 1. The number of hydrogen-bond acceptors (Lipinski definition) is 5. The monoisotopic (exact) mass is 344 g/mol. The van der Waals surface area contributed by atoms with Crippen molar-refractivity contribution in [2.45, 2.75) is 50.5 Å². The van der Waals surface area contributed by atoms with Gasteiger partial charge in [0.25, 0.3) is 0 Å². The highest BCUT2D eigenvalue weighted by Crippen LogP contribution is 2.36. The lowest BCUT2D eigenvalue weighted by Crippen LogP contribution is -2.37. The molecule has 0 bridgehead atoms. The lowest BCUT2D eigenvalue weighted by atomic mass is 10.1. The number of rotatable bonds is 5. The van der Waals surface area contributed by atoms with Crippen LogP contribution >= 0.6 is 0 Å². The molecule has 1 aromatic carbocycles. The summed E-state index contributed by atoms with van der Waals surface area (Å²) in [6, 6.07) is 6.47. The summed E-state index contributed by atoms with van der Waals surface area (Å²) in [5.74, 6) is 2.42. The van der Waals surface area contributed by atoms with Crippen molar-refractivity contribution in [1.29, 1.82) is 0 Å². The molecule has 3 atom stereocenters. The Morgan fingerprint density at radius 1 is 1.20 bits per heavy atom. The third kappa shape index (κ3) is 3.09. The molecule has 2 saturated heterocycles. The summed E-state index contributed by atoms with van der Waals surface area (Å²) in [6.45, 7) is 2.99. The molecule has 3 heterocycles. The molecule has 134 valence electrons. The Morgan fingerprint density at radius 3 is 2.96 bits per heavy atom. The number of amides is 1. The Bertz CT molecular complexity index is 675. The van der Waals surface area contributed by atoms with Gasteiger partial charge in [0.15, 0.2) is 11.5 Å². The number of likely N-dealkylation sites (tertiary alicyclic amines) is 1. The van der Waals surface area contributed by atoms with Crippen LogP contribution in [0.25, 0.3) is 0 Å². The first-order valence-electron chi connectivity index (χ1n) is 9.32. The number of benzene rings is 1. The normalized spacial score (nSPS) is 30.5. The third-order valence-corrected chi connectivity index (χ3v) is 5.77. The lowest BCUT2D eigenvalue weighted by molar-refractivity contribution is -0.132. The molecule has 6 heteroatoms. The van der Waals surface area contributed by atoms with E-state index in [1.165, 1.54) is 18.4 Å². The SMILES string of the molecule is O=C(NCC1CC1)[C@@H]1C[C@H]2[C@H](CCN2Cc2ccc3c(c2)OCO3)O1. The van der Waals surface area contributed by atoms with Crippen LogP contribution in [-0.4, -0.2) is 48.9 Å². The molecule has 4 aliphatic rings. The fourth-order valence-electron chi connectivity index (χ4n) is 4.15. The predicted octanol–water partition coefficient (Wildman–Crippen LogP) is 1.67. The molecule has 1 aliphatic carbocycles. The van der Waals surface area contributed by atoms with E-state index < -0.39 is 0 Å². The summed E-state index contributed by atoms with van der Waals surface area (Å²) in [4.78, 5) is 14.8. The zero-order valence-corrected chi connectivity index (χ0v) is 14.3. The van der Waals surface area contributed by atoms with Crippen LogP contribution in [0.3, 0.4) is 0 Å². The van der Waals surface area contributed by atoms with E-state index in [-0.39, 0.29) is 18.1 Å². The Kier molecular flexibility index (Phi) is 3.82. The van der Waals surface area contributed by atoms with Gasteiger partial charge in [0, 0.05) is 32.1 Å². The Balaban J connectivity index is 1.20. The molecule has 0 spiro atoms. The van der Waals surface area contributed by atoms with E-state index in [0.29, 0.717) is 18.8 Å². The van der Waals surface area contributed by atoms with Gasteiger partial charge in [-0.25, -0.2) is 0 Å². The van der Waals surface area contributed by atoms with Crippen molar-refractivity contribution in [3.8, 4) is 11.5 Å². The highest BCUT2D eigenvalue weighted by atomic mass is 16.7. The summed E-state index contributed by atoms with van der Waals surface area (Å²) in [5, 5.41) is 3.06. The van der Waals surface area contributed by atoms with E-state index in [2.05, 4.69) is 22.3 Å². The van der Waals surface area contributed by atoms with Gasteiger partial charge in [0.05, 0.1) is 6.10 Å². The van der Waals surface area contributed by atoms with Crippen LogP contribution in [0.15, 0.2) is 18.2 Å². The Hall–Kier alpha value is -1.79. The number of ether oxygens (including phenoxy) is 3. The second kappa shape index (κ2) is 6.18. The smallest absolute Gasteiger partial charge is 0.249 e. The maximum atomic E-state index is 12.3. The summed E-state index contributed by atoms with van der Waals surface area (Å²) in [7, 11) is 0. The van der Waals surface area contributed by atoms with Crippen LogP contribution < -0.4 is 14.8 Å². The van der Waals surface area contributed by atoms with Gasteiger partial charge in [0.1, 0.15) is 6.10 Å². The second-order valence-electron chi connectivity index (χ2n) is 7.60. The average molecular weight is 344 g/mol. The molecule has 1 amide bonds. The van der Waals surface area contributed by atoms with Crippen molar-refractivity contribution in [1.82, 2.24) is 10.2 Å². The van der Waals surface area contributed by atoms with E-state index in [1.807, 2.05) is 6.07 Å². The van der Waals surface area contributed by atoms with Crippen molar-refractivity contribution < 1.29 is 19.0 Å². The van der Waals surface area contributed by atoms with Crippen molar-refractivity contribution in [3.63, 3.8) is 0 Å². The minimum atomic E-state index is -0.284.